The topological polar surface area (TPSA) is 53.6 Å². The molecule has 1 aliphatic heterocycles. The maximum Gasteiger partial charge on any atom is 0.250 e. The van der Waals surface area contributed by atoms with Gasteiger partial charge in [0, 0.05) is 19.8 Å². The van der Waals surface area contributed by atoms with E-state index in [-0.39, 0.29) is 18.6 Å². The van der Waals surface area contributed by atoms with Crippen LogP contribution < -0.4 is 15.5 Å². The van der Waals surface area contributed by atoms with E-state index in [2.05, 4.69) is 10.6 Å². The van der Waals surface area contributed by atoms with Crippen LogP contribution in [0.2, 0.25) is 5.02 Å². The summed E-state index contributed by atoms with van der Waals surface area (Å²) in [5, 5.41) is 6.68. The lowest BCUT2D eigenvalue weighted by Crippen LogP contribution is -2.34. The normalized spacial score (nSPS) is 15.8. The number of hydrogen-bond donors (Lipinski definition) is 2. The first kappa shape index (κ1) is 16.1. The molecule has 2 rings (SSSR count). The summed E-state index contributed by atoms with van der Waals surface area (Å²) in [5.74, 6) is -0.151. The van der Waals surface area contributed by atoms with Gasteiger partial charge >= 0.3 is 0 Å². The number of anilines is 2. The van der Waals surface area contributed by atoms with Gasteiger partial charge in [-0.2, -0.15) is 0 Å². The van der Waals surface area contributed by atoms with Gasteiger partial charge in [0.1, 0.15) is 6.61 Å². The molecule has 0 spiro atoms. The highest BCUT2D eigenvalue weighted by Crippen LogP contribution is 2.27. The quantitative estimate of drug-likeness (QED) is 0.874. The van der Waals surface area contributed by atoms with Crippen LogP contribution in [0.3, 0.4) is 0 Å². The fraction of sp³-hybridized carbons (Fsp3) is 0.533. The largest absolute Gasteiger partial charge is 0.376 e. The Balaban J connectivity index is 1.83. The second kappa shape index (κ2) is 7.64. The lowest BCUT2D eigenvalue weighted by molar-refractivity contribution is -0.123. The lowest BCUT2D eigenvalue weighted by Gasteiger charge is -2.22. The third kappa shape index (κ3) is 4.88. The Labute approximate surface area is 130 Å². The zero-order valence-corrected chi connectivity index (χ0v) is 13.2. The SMILES string of the molecule is CN(C)c1ccc(NC(=O)COC2CCNCC2)cc1Cl. The Morgan fingerprint density at radius 1 is 1.43 bits per heavy atom. The molecule has 1 aliphatic rings. The second-order valence-electron chi connectivity index (χ2n) is 5.37. The molecular weight excluding hydrogens is 290 g/mol. The molecule has 21 heavy (non-hydrogen) atoms. The highest BCUT2D eigenvalue weighted by Gasteiger charge is 2.15. The number of halogens is 1. The standard InChI is InChI=1S/C15H22ClN3O2/c1-19(2)14-4-3-11(9-13(14)16)18-15(20)10-21-12-5-7-17-8-6-12/h3-4,9,12,17H,5-8,10H2,1-2H3,(H,18,20). The van der Waals surface area contributed by atoms with Crippen molar-refractivity contribution in [1.82, 2.24) is 5.32 Å². The Morgan fingerprint density at radius 3 is 2.76 bits per heavy atom. The van der Waals surface area contributed by atoms with Crippen molar-refractivity contribution in [2.45, 2.75) is 18.9 Å². The van der Waals surface area contributed by atoms with Gasteiger partial charge in [-0.15, -0.1) is 0 Å². The van der Waals surface area contributed by atoms with Gasteiger partial charge in [-0.1, -0.05) is 11.6 Å². The summed E-state index contributed by atoms with van der Waals surface area (Å²) < 4.78 is 5.62. The number of amides is 1. The maximum atomic E-state index is 11.9. The van der Waals surface area contributed by atoms with Crippen molar-refractivity contribution in [3.8, 4) is 0 Å². The molecule has 116 valence electrons. The Kier molecular flexibility index (Phi) is 5.85. The van der Waals surface area contributed by atoms with Crippen molar-refractivity contribution >= 4 is 28.9 Å². The van der Waals surface area contributed by atoms with E-state index in [1.54, 1.807) is 6.07 Å². The molecule has 2 N–H and O–H groups in total. The monoisotopic (exact) mass is 311 g/mol. The molecule has 1 amide bonds. The van der Waals surface area contributed by atoms with E-state index in [9.17, 15) is 4.79 Å². The molecule has 0 radical (unpaired) electrons. The van der Waals surface area contributed by atoms with Gasteiger partial charge in [0.25, 0.3) is 0 Å². The molecule has 1 aromatic carbocycles. The average Bonchev–Trinajstić information content (AvgIpc) is 2.46. The molecule has 0 atom stereocenters. The van der Waals surface area contributed by atoms with E-state index < -0.39 is 0 Å². The van der Waals surface area contributed by atoms with Gasteiger partial charge < -0.3 is 20.3 Å². The Hall–Kier alpha value is -1.30. The van der Waals surface area contributed by atoms with Crippen LogP contribution in [0.5, 0.6) is 0 Å². The maximum absolute atomic E-state index is 11.9. The first-order chi connectivity index (χ1) is 10.1. The smallest absolute Gasteiger partial charge is 0.250 e. The fourth-order valence-electron chi connectivity index (χ4n) is 2.30. The van der Waals surface area contributed by atoms with Crippen molar-refractivity contribution in [1.29, 1.82) is 0 Å². The third-order valence-corrected chi connectivity index (χ3v) is 3.75. The second-order valence-corrected chi connectivity index (χ2v) is 5.78. The van der Waals surface area contributed by atoms with Gasteiger partial charge in [-0.3, -0.25) is 4.79 Å². The number of rotatable bonds is 5. The van der Waals surface area contributed by atoms with Gasteiger partial charge in [-0.05, 0) is 44.1 Å². The molecule has 1 fully saturated rings. The zero-order chi connectivity index (χ0) is 15.2. The van der Waals surface area contributed by atoms with Gasteiger partial charge in [-0.25, -0.2) is 0 Å². The number of nitrogens with zero attached hydrogens (tertiary/aromatic N) is 1. The minimum Gasteiger partial charge on any atom is -0.376 e. The molecule has 0 bridgehead atoms. The number of piperidine rings is 1. The van der Waals surface area contributed by atoms with Crippen LogP contribution in [0, 0.1) is 0 Å². The first-order valence-electron chi connectivity index (χ1n) is 7.15. The molecule has 0 aromatic heterocycles. The van der Waals surface area contributed by atoms with Gasteiger partial charge in [0.05, 0.1) is 16.8 Å². The highest BCUT2D eigenvalue weighted by molar-refractivity contribution is 6.33. The van der Waals surface area contributed by atoms with E-state index in [1.807, 2.05) is 31.1 Å². The van der Waals surface area contributed by atoms with Crippen molar-refractivity contribution in [3.63, 3.8) is 0 Å². The van der Waals surface area contributed by atoms with E-state index in [1.165, 1.54) is 0 Å². The van der Waals surface area contributed by atoms with Crippen molar-refractivity contribution in [2.24, 2.45) is 0 Å². The third-order valence-electron chi connectivity index (χ3n) is 3.45. The summed E-state index contributed by atoms with van der Waals surface area (Å²) in [4.78, 5) is 13.8. The molecule has 0 aliphatic carbocycles. The molecule has 1 saturated heterocycles. The summed E-state index contributed by atoms with van der Waals surface area (Å²) in [5.41, 5.74) is 1.60. The van der Waals surface area contributed by atoms with Crippen LogP contribution in [0.4, 0.5) is 11.4 Å². The summed E-state index contributed by atoms with van der Waals surface area (Å²) in [6.07, 6.45) is 2.09. The van der Waals surface area contributed by atoms with Crippen LogP contribution in [0.1, 0.15) is 12.8 Å². The van der Waals surface area contributed by atoms with Crippen LogP contribution in [0.25, 0.3) is 0 Å². The molecular formula is C15H22ClN3O2. The van der Waals surface area contributed by atoms with Gasteiger partial charge in [0.2, 0.25) is 5.91 Å². The first-order valence-corrected chi connectivity index (χ1v) is 7.53. The molecule has 0 unspecified atom stereocenters. The van der Waals surface area contributed by atoms with Crippen LogP contribution in [-0.4, -0.2) is 45.8 Å². The fourth-order valence-corrected chi connectivity index (χ4v) is 2.65. The minimum atomic E-state index is -0.151. The highest BCUT2D eigenvalue weighted by atomic mass is 35.5. The summed E-state index contributed by atoms with van der Waals surface area (Å²) in [7, 11) is 3.85. The van der Waals surface area contributed by atoms with Crippen LogP contribution in [-0.2, 0) is 9.53 Å². The number of carbonyl (C=O) groups is 1. The van der Waals surface area contributed by atoms with Crippen molar-refractivity contribution in [3.05, 3.63) is 23.2 Å². The van der Waals surface area contributed by atoms with E-state index in [0.29, 0.717) is 10.7 Å². The predicted octanol–water partition coefficient (Wildman–Crippen LogP) is 2.11. The molecule has 1 heterocycles. The summed E-state index contributed by atoms with van der Waals surface area (Å²) in [6, 6.07) is 5.47. The average molecular weight is 312 g/mol. The molecule has 1 aromatic rings. The number of ether oxygens (including phenoxy) is 1. The summed E-state index contributed by atoms with van der Waals surface area (Å²) in [6.45, 7) is 1.99. The number of carbonyl (C=O) groups excluding carboxylic acids is 1. The molecule has 5 nitrogen and oxygen atoms in total. The van der Waals surface area contributed by atoms with Crippen molar-refractivity contribution < 1.29 is 9.53 Å². The van der Waals surface area contributed by atoms with Gasteiger partial charge in [0.15, 0.2) is 0 Å². The molecule has 6 heteroatoms. The Bertz CT molecular complexity index is 488. The van der Waals surface area contributed by atoms with E-state index in [4.69, 9.17) is 16.3 Å². The number of hydrogen-bond acceptors (Lipinski definition) is 4. The van der Waals surface area contributed by atoms with Crippen LogP contribution in [0.15, 0.2) is 18.2 Å². The van der Waals surface area contributed by atoms with Crippen molar-refractivity contribution in [2.75, 3.05) is 44.0 Å². The predicted molar refractivity (Wildman–Crippen MR) is 86.3 cm³/mol. The van der Waals surface area contributed by atoms with E-state index in [0.717, 1.165) is 31.6 Å². The molecule has 0 saturated carbocycles. The van der Waals surface area contributed by atoms with E-state index >= 15 is 0 Å². The number of nitrogens with one attached hydrogen (secondary N) is 2. The van der Waals surface area contributed by atoms with Crippen LogP contribution >= 0.6 is 11.6 Å². The minimum absolute atomic E-state index is 0.0811. The summed E-state index contributed by atoms with van der Waals surface area (Å²) >= 11 is 6.18. The zero-order valence-electron chi connectivity index (χ0n) is 12.5. The number of benzene rings is 1. The Morgan fingerprint density at radius 2 is 2.14 bits per heavy atom. The lowest BCUT2D eigenvalue weighted by atomic mass is 10.1.